The van der Waals surface area contributed by atoms with E-state index in [4.69, 9.17) is 19.3 Å². The molecule has 5 saturated heterocycles. The van der Waals surface area contributed by atoms with Crippen molar-refractivity contribution in [1.29, 1.82) is 0 Å². The van der Waals surface area contributed by atoms with Gasteiger partial charge in [-0.3, -0.25) is 14.4 Å². The molecule has 4 N–H and O–H groups in total. The van der Waals surface area contributed by atoms with E-state index in [1.54, 1.807) is 9.80 Å². The molecule has 0 saturated carbocycles. The number of nitrogens with one attached hydrogen (secondary N) is 3. The Kier molecular flexibility index (Phi) is 43.0. The van der Waals surface area contributed by atoms with Gasteiger partial charge < -0.3 is 59.8 Å². The largest absolute Gasteiger partial charge is 0.481 e. The van der Waals surface area contributed by atoms with Crippen molar-refractivity contribution in [3.8, 4) is 0 Å². The summed E-state index contributed by atoms with van der Waals surface area (Å²) in [5.41, 5.74) is 24.1. The molecule has 0 atom stereocenters. The summed E-state index contributed by atoms with van der Waals surface area (Å²) >= 11 is 0. The van der Waals surface area contributed by atoms with E-state index in [-0.39, 0.29) is 44.4 Å². The van der Waals surface area contributed by atoms with Crippen LogP contribution in [0, 0.1) is 55.4 Å². The van der Waals surface area contributed by atoms with Crippen LogP contribution in [-0.2, 0) is 54.3 Å². The number of rotatable bonds is 21. The van der Waals surface area contributed by atoms with E-state index in [2.05, 4.69) is 264 Å². The van der Waals surface area contributed by atoms with Crippen molar-refractivity contribution in [2.24, 2.45) is 0 Å². The smallest absolute Gasteiger partial charge is 0.410 e. The van der Waals surface area contributed by atoms with Gasteiger partial charge in [-0.2, -0.15) is 0 Å². The SMILES string of the molecule is C1CCOC1.CC(C)(C)OC(=O)N1CCNCC1.Cc1cccc(C)c1/C=C/c1cccc(CCC(=O)N2CCN(C(=O)OC(C)(C)C)CC2)c1.Cc1cccc(C)c1/C=C/c1cccc(CCC(=O)N2CCNCC2)c1.Cc1cccc(C)c1/C=C/c1cccc(CCC(=O)O)c1.Cc1cccc(C)c1/C=C/c1cccc(CCCN2CCNCC2)c1.[B]. The minimum Gasteiger partial charge on any atom is -0.481 e. The number of aryl methyl sites for hydroxylation is 12. The van der Waals surface area contributed by atoms with Gasteiger partial charge in [-0.05, 0) is 260 Å². The molecule has 0 aromatic heterocycles. The zero-order chi connectivity index (χ0) is 88.5. The first-order chi connectivity index (χ1) is 59.0. The molecular weight excluding hydrogens is 1540 g/mol. The van der Waals surface area contributed by atoms with Crippen LogP contribution in [-0.4, -0.2) is 204 Å². The monoisotopic (exact) mass is 1680 g/mol. The highest BCUT2D eigenvalue weighted by Crippen LogP contribution is 2.25. The molecule has 0 unspecified atom stereocenters. The zero-order valence-electron chi connectivity index (χ0n) is 76.8. The Balaban J connectivity index is 0.000000214. The number of carbonyl (C=O) groups excluding carboxylic acids is 4. The fraction of sp³-hybridized carbons (Fsp3) is 0.425. The summed E-state index contributed by atoms with van der Waals surface area (Å²) in [7, 11) is 0. The molecule has 8 aromatic carbocycles. The van der Waals surface area contributed by atoms with Crippen LogP contribution in [0.4, 0.5) is 9.59 Å². The molecule has 18 heteroatoms. The maximum atomic E-state index is 12.7. The van der Waals surface area contributed by atoms with Crippen LogP contribution in [0.3, 0.4) is 0 Å². The van der Waals surface area contributed by atoms with Crippen LogP contribution < -0.4 is 16.0 Å². The molecule has 661 valence electrons. The van der Waals surface area contributed by atoms with Crippen molar-refractivity contribution in [1.82, 2.24) is 40.4 Å². The van der Waals surface area contributed by atoms with E-state index in [0.717, 1.165) is 114 Å². The van der Waals surface area contributed by atoms with Crippen LogP contribution in [0.15, 0.2) is 170 Å². The van der Waals surface area contributed by atoms with Gasteiger partial charge in [0.15, 0.2) is 0 Å². The summed E-state index contributed by atoms with van der Waals surface area (Å²) in [5.74, 6) is -0.357. The number of aliphatic carboxylic acids is 1. The van der Waals surface area contributed by atoms with Crippen LogP contribution in [0.25, 0.3) is 48.6 Å². The Morgan fingerprint density at radius 3 is 0.919 bits per heavy atom. The standard InChI is InChI=1S/C28H36N2O3.C23H28N2O.C23H30N2.C19H20O2.C9H18N2O2.C4H8O.B/c1-21-8-6-9-22(2)25(21)14-12-23-10-7-11-24(20-23)13-15-26(31)29-16-18-30(19-17-29)27(32)33-28(3,4)5;1-18-5-3-6-19(2)22(18)11-9-20-7-4-8-21(17-20)10-12-23(26)25-15-13-24-14-16-25;1-19-6-3-7-20(2)23(19)12-11-22-9-4-8-21(18-22)10-5-15-25-16-13-24-14-17-25;1-14-5-3-6-15(2)18(14)11-9-16-7-4-8-17(13-16)10-12-19(20)21;1-9(2,3)13-8(12)11-6-4-10-5-7-11;1-2-4-5-3-1;/h6-12,14,20H,13,15-19H2,1-5H3;3-9,11,17,24H,10,12-16H2,1-2H3;3-4,6-9,11-12,18,24H,5,10,13-17H2,1-2H3;3-9,11,13H,10,12H2,1-2H3,(H,20,21);10H,4-7H2,1-3H3;1-4H2;/b14-12+;11-9+;12-11+;11-9+;;;. The average molecular weight is 1680 g/mol. The summed E-state index contributed by atoms with van der Waals surface area (Å²) in [4.78, 5) is 69.2. The molecule has 5 aliphatic heterocycles. The molecular formula is C106H140BN8O9. The van der Waals surface area contributed by atoms with Crippen molar-refractivity contribution >= 4 is 87.0 Å². The quantitative estimate of drug-likeness (QED) is 0.0394. The highest BCUT2D eigenvalue weighted by atomic mass is 16.6. The third kappa shape index (κ3) is 37.1. The Morgan fingerprint density at radius 2 is 0.621 bits per heavy atom. The number of nitrogens with zero attached hydrogens (tertiary/aromatic N) is 5. The lowest BCUT2D eigenvalue weighted by Gasteiger charge is -2.35. The molecule has 13 rings (SSSR count). The molecule has 0 bridgehead atoms. The van der Waals surface area contributed by atoms with Gasteiger partial charge in [0.2, 0.25) is 11.8 Å². The Morgan fingerprint density at radius 1 is 0.355 bits per heavy atom. The molecule has 17 nitrogen and oxygen atoms in total. The predicted octanol–water partition coefficient (Wildman–Crippen LogP) is 19.4. The second-order valence-corrected chi connectivity index (χ2v) is 34.6. The number of ether oxygens (including phenoxy) is 3. The van der Waals surface area contributed by atoms with Crippen molar-refractivity contribution in [3.63, 3.8) is 0 Å². The van der Waals surface area contributed by atoms with Gasteiger partial charge in [-0.15, -0.1) is 0 Å². The van der Waals surface area contributed by atoms with Crippen molar-refractivity contribution in [3.05, 3.63) is 281 Å². The number of carboxylic acids is 1. The number of amides is 4. The fourth-order valence-electron chi connectivity index (χ4n) is 15.1. The van der Waals surface area contributed by atoms with Gasteiger partial charge in [-0.25, -0.2) is 9.59 Å². The maximum Gasteiger partial charge on any atom is 0.410 e. The zero-order valence-corrected chi connectivity index (χ0v) is 76.8. The second-order valence-electron chi connectivity index (χ2n) is 34.6. The third-order valence-corrected chi connectivity index (χ3v) is 22.1. The Hall–Kier alpha value is -10.5. The number of carboxylic acid groups (broad SMARTS) is 1. The minimum atomic E-state index is -0.758. The van der Waals surface area contributed by atoms with E-state index in [0.29, 0.717) is 51.9 Å². The normalized spacial score (nSPS) is 14.9. The first-order valence-corrected chi connectivity index (χ1v) is 44.5. The minimum absolute atomic E-state index is 0. The molecule has 4 amide bonds. The second kappa shape index (κ2) is 53.0. The highest BCUT2D eigenvalue weighted by molar-refractivity contribution is 5.80. The third-order valence-electron chi connectivity index (χ3n) is 22.1. The summed E-state index contributed by atoms with van der Waals surface area (Å²) in [5, 5.41) is 18.6. The van der Waals surface area contributed by atoms with E-state index in [1.165, 1.54) is 128 Å². The Labute approximate surface area is 744 Å². The van der Waals surface area contributed by atoms with Crippen LogP contribution in [0.2, 0.25) is 0 Å². The molecule has 5 heterocycles. The lowest BCUT2D eigenvalue weighted by Crippen LogP contribution is -2.51. The van der Waals surface area contributed by atoms with Crippen LogP contribution >= 0.6 is 0 Å². The van der Waals surface area contributed by atoms with Gasteiger partial charge in [0.25, 0.3) is 0 Å². The first-order valence-electron chi connectivity index (χ1n) is 44.5. The summed E-state index contributed by atoms with van der Waals surface area (Å²) in [6.45, 7) is 45.0. The Bertz CT molecular complexity index is 4690. The molecule has 8 aromatic rings. The lowest BCUT2D eigenvalue weighted by atomic mass is 10.0. The van der Waals surface area contributed by atoms with E-state index >= 15 is 0 Å². The van der Waals surface area contributed by atoms with Gasteiger partial charge in [0.1, 0.15) is 11.2 Å². The predicted molar refractivity (Wildman–Crippen MR) is 516 cm³/mol. The summed E-state index contributed by atoms with van der Waals surface area (Å²) in [6.07, 6.45) is 25.1. The molecule has 124 heavy (non-hydrogen) atoms. The van der Waals surface area contributed by atoms with Gasteiger partial charge >= 0.3 is 18.2 Å². The first kappa shape index (κ1) is 101. The number of benzene rings is 8. The summed E-state index contributed by atoms with van der Waals surface area (Å²) in [6, 6.07) is 59.3. The lowest BCUT2D eigenvalue weighted by molar-refractivity contribution is -0.137. The highest BCUT2D eigenvalue weighted by Gasteiger charge is 2.28. The van der Waals surface area contributed by atoms with Gasteiger partial charge in [0.05, 0.1) is 0 Å². The number of carbonyl (C=O) groups is 5. The number of hydrogen-bond acceptors (Lipinski definition) is 12. The maximum absolute atomic E-state index is 12.7. The van der Waals surface area contributed by atoms with Crippen molar-refractivity contribution in [2.45, 2.75) is 172 Å². The van der Waals surface area contributed by atoms with Crippen LogP contribution in [0.5, 0.6) is 0 Å². The number of piperazine rings is 4. The molecule has 0 aliphatic carbocycles. The van der Waals surface area contributed by atoms with Crippen molar-refractivity contribution < 1.29 is 43.3 Å². The van der Waals surface area contributed by atoms with Crippen LogP contribution in [0.1, 0.15) is 191 Å². The average Bonchev–Trinajstić information content (AvgIpc) is 1.05. The molecule has 3 radical (unpaired) electrons. The van der Waals surface area contributed by atoms with E-state index in [1.807, 2.05) is 81.7 Å². The van der Waals surface area contributed by atoms with Crippen molar-refractivity contribution in [2.75, 3.05) is 124 Å². The van der Waals surface area contributed by atoms with E-state index in [9.17, 15) is 24.0 Å². The molecule has 5 aliphatic rings. The molecule has 5 fully saturated rings. The number of hydrogen-bond donors (Lipinski definition) is 4. The van der Waals surface area contributed by atoms with E-state index < -0.39 is 11.6 Å². The summed E-state index contributed by atoms with van der Waals surface area (Å²) < 4.78 is 15.6. The molecule has 0 spiro atoms. The topological polar surface area (TPSA) is 186 Å². The van der Waals surface area contributed by atoms with Gasteiger partial charge in [-0.1, -0.05) is 218 Å². The van der Waals surface area contributed by atoms with Gasteiger partial charge in [0, 0.05) is 146 Å². The fourth-order valence-corrected chi connectivity index (χ4v) is 15.1.